The maximum atomic E-state index is 12.2. The molecule has 2 aliphatic rings. The zero-order valence-corrected chi connectivity index (χ0v) is 12.4. The number of hydrogen-bond donors (Lipinski definition) is 2. The highest BCUT2D eigenvalue weighted by Crippen LogP contribution is 2.32. The van der Waals surface area contributed by atoms with Crippen molar-refractivity contribution in [1.29, 1.82) is 0 Å². The van der Waals surface area contributed by atoms with E-state index in [1.165, 1.54) is 0 Å². The van der Waals surface area contributed by atoms with Gasteiger partial charge in [0.1, 0.15) is 0 Å². The van der Waals surface area contributed by atoms with Crippen LogP contribution in [0.3, 0.4) is 0 Å². The smallest absolute Gasteiger partial charge is 0.214 e. The Morgan fingerprint density at radius 1 is 1.32 bits per heavy atom. The summed E-state index contributed by atoms with van der Waals surface area (Å²) in [5.74, 6) is 0.631. The van der Waals surface area contributed by atoms with Crippen LogP contribution in [-0.2, 0) is 14.8 Å². The molecule has 0 aromatic carbocycles. The zero-order chi connectivity index (χ0) is 13.9. The monoisotopic (exact) mass is 291 g/mol. The van der Waals surface area contributed by atoms with Crippen LogP contribution in [0.25, 0.3) is 0 Å². The molecule has 19 heavy (non-hydrogen) atoms. The van der Waals surface area contributed by atoms with Crippen LogP contribution in [0.2, 0.25) is 0 Å². The Hall–Kier alpha value is -0.170. The number of nitrogens with one attached hydrogen (secondary N) is 1. The minimum atomic E-state index is -3.39. The van der Waals surface area contributed by atoms with Gasteiger partial charge < -0.3 is 9.84 Å². The maximum absolute atomic E-state index is 12.2. The molecule has 1 saturated heterocycles. The van der Waals surface area contributed by atoms with Crippen molar-refractivity contribution in [2.24, 2.45) is 5.92 Å². The molecule has 0 bridgehead atoms. The van der Waals surface area contributed by atoms with Crippen molar-refractivity contribution in [3.63, 3.8) is 0 Å². The van der Waals surface area contributed by atoms with Crippen molar-refractivity contribution >= 4 is 10.0 Å². The van der Waals surface area contributed by atoms with Gasteiger partial charge in [-0.3, -0.25) is 0 Å². The lowest BCUT2D eigenvalue weighted by atomic mass is 9.78. The van der Waals surface area contributed by atoms with Gasteiger partial charge in [0, 0.05) is 6.61 Å². The molecule has 1 heterocycles. The minimum Gasteiger partial charge on any atom is -0.394 e. The molecule has 2 fully saturated rings. The highest BCUT2D eigenvalue weighted by atomic mass is 32.2. The minimum absolute atomic E-state index is 0.0182. The Labute approximate surface area is 115 Å². The SMILES string of the molecule is CC1CCC(CO)(NS(=O)(=O)CC2CCCO2)CC1. The van der Waals surface area contributed by atoms with E-state index in [1.807, 2.05) is 0 Å². The summed E-state index contributed by atoms with van der Waals surface area (Å²) in [5, 5.41) is 9.59. The summed E-state index contributed by atoms with van der Waals surface area (Å²) in [5.41, 5.74) is -0.649. The molecule has 0 amide bonds. The fourth-order valence-corrected chi connectivity index (χ4v) is 4.76. The van der Waals surface area contributed by atoms with Gasteiger partial charge in [0.05, 0.1) is 24.0 Å². The van der Waals surface area contributed by atoms with Gasteiger partial charge in [0.25, 0.3) is 0 Å². The summed E-state index contributed by atoms with van der Waals surface area (Å²) in [6.07, 6.45) is 4.92. The fourth-order valence-electron chi connectivity index (χ4n) is 3.00. The van der Waals surface area contributed by atoms with E-state index >= 15 is 0 Å². The molecule has 2 N–H and O–H groups in total. The predicted octanol–water partition coefficient (Wildman–Crippen LogP) is 1.03. The van der Waals surface area contributed by atoms with Crippen molar-refractivity contribution in [3.8, 4) is 0 Å². The number of aliphatic hydroxyl groups is 1. The van der Waals surface area contributed by atoms with E-state index < -0.39 is 15.6 Å². The Morgan fingerprint density at radius 3 is 2.53 bits per heavy atom. The molecule has 1 aliphatic heterocycles. The van der Waals surface area contributed by atoms with E-state index in [0.717, 1.165) is 38.5 Å². The molecule has 0 aromatic heterocycles. The quantitative estimate of drug-likeness (QED) is 0.793. The highest BCUT2D eigenvalue weighted by Gasteiger charge is 2.38. The third-order valence-electron chi connectivity index (χ3n) is 4.34. The number of rotatable bonds is 5. The van der Waals surface area contributed by atoms with Crippen LogP contribution < -0.4 is 4.72 Å². The first-order chi connectivity index (χ1) is 8.95. The summed E-state index contributed by atoms with van der Waals surface area (Å²) in [7, 11) is -3.39. The third-order valence-corrected chi connectivity index (χ3v) is 5.89. The van der Waals surface area contributed by atoms with Crippen LogP contribution in [0.5, 0.6) is 0 Å². The lowest BCUT2D eigenvalue weighted by Gasteiger charge is -2.38. The number of aliphatic hydroxyl groups excluding tert-OH is 1. The molecular weight excluding hydrogens is 266 g/mol. The van der Waals surface area contributed by atoms with Gasteiger partial charge in [-0.05, 0) is 44.4 Å². The first kappa shape index (κ1) is 15.2. The van der Waals surface area contributed by atoms with Gasteiger partial charge in [0.15, 0.2) is 0 Å². The fraction of sp³-hybridized carbons (Fsp3) is 1.00. The van der Waals surface area contributed by atoms with Gasteiger partial charge in [-0.15, -0.1) is 0 Å². The standard InChI is InChI=1S/C13H25NO4S/c1-11-4-6-13(10-15,7-5-11)14-19(16,17)9-12-3-2-8-18-12/h11-12,14-15H,2-10H2,1H3. The van der Waals surface area contributed by atoms with Crippen LogP contribution in [0.15, 0.2) is 0 Å². The third kappa shape index (κ3) is 4.15. The van der Waals surface area contributed by atoms with E-state index in [4.69, 9.17) is 4.74 Å². The molecule has 0 spiro atoms. The van der Waals surface area contributed by atoms with Gasteiger partial charge in [-0.1, -0.05) is 6.92 Å². The van der Waals surface area contributed by atoms with Gasteiger partial charge >= 0.3 is 0 Å². The average Bonchev–Trinajstić information content (AvgIpc) is 2.84. The van der Waals surface area contributed by atoms with Crippen LogP contribution in [0.1, 0.15) is 45.4 Å². The number of ether oxygens (including phenoxy) is 1. The first-order valence-electron chi connectivity index (χ1n) is 7.19. The zero-order valence-electron chi connectivity index (χ0n) is 11.6. The molecule has 2 rings (SSSR count). The van der Waals surface area contributed by atoms with Crippen LogP contribution in [0.4, 0.5) is 0 Å². The Bertz CT molecular complexity index is 381. The summed E-state index contributed by atoms with van der Waals surface area (Å²) in [6.45, 7) is 2.70. The lowest BCUT2D eigenvalue weighted by Crippen LogP contribution is -2.54. The first-order valence-corrected chi connectivity index (χ1v) is 8.84. The molecule has 112 valence electrons. The van der Waals surface area contributed by atoms with E-state index in [2.05, 4.69) is 11.6 Å². The summed E-state index contributed by atoms with van der Waals surface area (Å²) in [6, 6.07) is 0. The Balaban J connectivity index is 1.96. The number of hydrogen-bond acceptors (Lipinski definition) is 4. The van der Waals surface area contributed by atoms with Gasteiger partial charge in [-0.2, -0.15) is 0 Å². The van der Waals surface area contributed by atoms with Crippen molar-refractivity contribution in [1.82, 2.24) is 4.72 Å². The molecule has 6 heteroatoms. The van der Waals surface area contributed by atoms with Crippen LogP contribution in [-0.4, -0.2) is 44.1 Å². The van der Waals surface area contributed by atoms with E-state index in [9.17, 15) is 13.5 Å². The second-order valence-electron chi connectivity index (χ2n) is 6.14. The van der Waals surface area contributed by atoms with E-state index in [0.29, 0.717) is 12.5 Å². The lowest BCUT2D eigenvalue weighted by molar-refractivity contribution is 0.119. The summed E-state index contributed by atoms with van der Waals surface area (Å²) >= 11 is 0. The van der Waals surface area contributed by atoms with Crippen molar-refractivity contribution in [3.05, 3.63) is 0 Å². The van der Waals surface area contributed by atoms with Crippen LogP contribution >= 0.6 is 0 Å². The number of sulfonamides is 1. The normalized spacial score (nSPS) is 36.5. The van der Waals surface area contributed by atoms with Crippen molar-refractivity contribution < 1.29 is 18.3 Å². The molecule has 1 aliphatic carbocycles. The molecule has 1 saturated carbocycles. The average molecular weight is 291 g/mol. The van der Waals surface area contributed by atoms with Gasteiger partial charge in [-0.25, -0.2) is 13.1 Å². The highest BCUT2D eigenvalue weighted by molar-refractivity contribution is 7.89. The molecule has 5 nitrogen and oxygen atoms in total. The van der Waals surface area contributed by atoms with E-state index in [1.54, 1.807) is 0 Å². The topological polar surface area (TPSA) is 75.6 Å². The summed E-state index contributed by atoms with van der Waals surface area (Å²) in [4.78, 5) is 0. The second kappa shape index (κ2) is 6.08. The Morgan fingerprint density at radius 2 is 2.00 bits per heavy atom. The largest absolute Gasteiger partial charge is 0.394 e. The van der Waals surface area contributed by atoms with Gasteiger partial charge in [0.2, 0.25) is 10.0 Å². The second-order valence-corrected chi connectivity index (χ2v) is 7.91. The van der Waals surface area contributed by atoms with Crippen molar-refractivity contribution in [2.45, 2.75) is 57.1 Å². The maximum Gasteiger partial charge on any atom is 0.214 e. The molecular formula is C13H25NO4S. The van der Waals surface area contributed by atoms with E-state index in [-0.39, 0.29) is 18.5 Å². The molecule has 1 atom stereocenters. The van der Waals surface area contributed by atoms with Crippen LogP contribution in [0, 0.1) is 5.92 Å². The molecule has 1 unspecified atom stereocenters. The molecule has 0 radical (unpaired) electrons. The molecule has 0 aromatic rings. The van der Waals surface area contributed by atoms with Crippen molar-refractivity contribution in [2.75, 3.05) is 19.0 Å². The predicted molar refractivity (Wildman–Crippen MR) is 73.3 cm³/mol. The Kier molecular flexibility index (Phi) is 4.87. The summed E-state index contributed by atoms with van der Waals surface area (Å²) < 4.78 is 32.5.